The van der Waals surface area contributed by atoms with Crippen molar-refractivity contribution < 1.29 is 14.3 Å². The van der Waals surface area contributed by atoms with Crippen LogP contribution >= 0.6 is 0 Å². The lowest BCUT2D eigenvalue weighted by Gasteiger charge is -2.03. The van der Waals surface area contributed by atoms with E-state index in [1.807, 2.05) is 6.92 Å². The number of esters is 1. The highest BCUT2D eigenvalue weighted by atomic mass is 16.5. The summed E-state index contributed by atoms with van der Waals surface area (Å²) < 4.78 is 4.86. The number of unbranched alkanes of at least 4 members (excludes halogenated alkanes) is 4. The largest absolute Gasteiger partial charge is 0.460 e. The standard InChI is InChI=1S/C12H22O3/c1-3-5-7-8-10-15-12(14)11(13)9-6-4-2/h3-10H2,1-2H3. The predicted octanol–water partition coefficient (Wildman–Crippen LogP) is 2.87. The molecule has 0 aromatic rings. The molecule has 0 unspecified atom stereocenters. The van der Waals surface area contributed by atoms with Crippen LogP contribution in [-0.2, 0) is 14.3 Å². The first-order valence-corrected chi connectivity index (χ1v) is 5.92. The van der Waals surface area contributed by atoms with Gasteiger partial charge >= 0.3 is 5.97 Å². The molecule has 0 heterocycles. The monoisotopic (exact) mass is 214 g/mol. The van der Waals surface area contributed by atoms with E-state index in [9.17, 15) is 9.59 Å². The molecule has 0 radical (unpaired) electrons. The fourth-order valence-electron chi connectivity index (χ4n) is 1.21. The molecule has 0 aromatic carbocycles. The van der Waals surface area contributed by atoms with Crippen molar-refractivity contribution in [3.63, 3.8) is 0 Å². The molecule has 3 nitrogen and oxygen atoms in total. The van der Waals surface area contributed by atoms with Crippen molar-refractivity contribution in [1.29, 1.82) is 0 Å². The van der Waals surface area contributed by atoms with Crippen LogP contribution in [0, 0.1) is 0 Å². The molecule has 0 spiro atoms. The van der Waals surface area contributed by atoms with E-state index in [0.717, 1.165) is 38.5 Å². The maximum atomic E-state index is 11.1. The molecule has 0 saturated carbocycles. The van der Waals surface area contributed by atoms with Crippen molar-refractivity contribution in [3.8, 4) is 0 Å². The van der Waals surface area contributed by atoms with Gasteiger partial charge in [-0.3, -0.25) is 4.79 Å². The smallest absolute Gasteiger partial charge is 0.374 e. The molecule has 0 atom stereocenters. The Morgan fingerprint density at radius 2 is 1.60 bits per heavy atom. The van der Waals surface area contributed by atoms with Crippen LogP contribution in [0.2, 0.25) is 0 Å². The quantitative estimate of drug-likeness (QED) is 0.337. The summed E-state index contributed by atoms with van der Waals surface area (Å²) in [5.74, 6) is -1.03. The van der Waals surface area contributed by atoms with Crippen molar-refractivity contribution >= 4 is 11.8 Å². The first-order chi connectivity index (χ1) is 7.22. The van der Waals surface area contributed by atoms with E-state index in [1.165, 1.54) is 0 Å². The molecule has 88 valence electrons. The number of ether oxygens (including phenoxy) is 1. The Hall–Kier alpha value is -0.860. The molecule has 0 saturated heterocycles. The van der Waals surface area contributed by atoms with Gasteiger partial charge < -0.3 is 4.74 Å². The van der Waals surface area contributed by atoms with Crippen molar-refractivity contribution in [2.75, 3.05) is 6.61 Å². The maximum Gasteiger partial charge on any atom is 0.374 e. The SMILES string of the molecule is CCCCCCOC(=O)C(=O)CCCC. The minimum absolute atomic E-state index is 0.324. The summed E-state index contributed by atoms with van der Waals surface area (Å²) in [4.78, 5) is 22.3. The Kier molecular flexibility index (Phi) is 9.13. The normalized spacial score (nSPS) is 10.0. The predicted molar refractivity (Wildman–Crippen MR) is 59.6 cm³/mol. The van der Waals surface area contributed by atoms with Gasteiger partial charge in [0.1, 0.15) is 0 Å². The first kappa shape index (κ1) is 14.1. The highest BCUT2D eigenvalue weighted by Crippen LogP contribution is 2.01. The lowest BCUT2D eigenvalue weighted by atomic mass is 10.2. The van der Waals surface area contributed by atoms with E-state index in [4.69, 9.17) is 4.74 Å². The average Bonchev–Trinajstić information content (AvgIpc) is 2.25. The number of carbonyl (C=O) groups is 2. The fraction of sp³-hybridized carbons (Fsp3) is 0.833. The van der Waals surface area contributed by atoms with Gasteiger partial charge in [0.25, 0.3) is 0 Å². The van der Waals surface area contributed by atoms with Crippen LogP contribution in [-0.4, -0.2) is 18.4 Å². The second-order valence-corrected chi connectivity index (χ2v) is 3.72. The third kappa shape index (κ3) is 8.16. The molecule has 0 aliphatic carbocycles. The molecule has 3 heteroatoms. The Balaban J connectivity index is 3.43. The highest BCUT2D eigenvalue weighted by molar-refractivity contribution is 6.33. The molecule has 0 amide bonds. The molecular weight excluding hydrogens is 192 g/mol. The third-order valence-electron chi connectivity index (χ3n) is 2.22. The van der Waals surface area contributed by atoms with Gasteiger partial charge in [-0.2, -0.15) is 0 Å². The second kappa shape index (κ2) is 9.69. The van der Waals surface area contributed by atoms with Gasteiger partial charge in [0.2, 0.25) is 5.78 Å². The molecule has 0 N–H and O–H groups in total. The number of hydrogen-bond acceptors (Lipinski definition) is 3. The van der Waals surface area contributed by atoms with Crippen LogP contribution in [0.1, 0.15) is 58.8 Å². The van der Waals surface area contributed by atoms with E-state index in [0.29, 0.717) is 13.0 Å². The summed E-state index contributed by atoms with van der Waals surface area (Å²) in [5.41, 5.74) is 0. The van der Waals surface area contributed by atoms with Gasteiger partial charge in [-0.15, -0.1) is 0 Å². The Labute approximate surface area is 92.2 Å². The molecule has 15 heavy (non-hydrogen) atoms. The minimum Gasteiger partial charge on any atom is -0.460 e. The van der Waals surface area contributed by atoms with Gasteiger partial charge in [-0.1, -0.05) is 39.5 Å². The topological polar surface area (TPSA) is 43.4 Å². The lowest BCUT2D eigenvalue weighted by molar-refractivity contribution is -0.154. The first-order valence-electron chi connectivity index (χ1n) is 5.92. The Bertz CT molecular complexity index is 187. The van der Waals surface area contributed by atoms with Crippen LogP contribution in [0.3, 0.4) is 0 Å². The molecular formula is C12H22O3. The molecule has 0 bridgehead atoms. The zero-order valence-corrected chi connectivity index (χ0v) is 9.88. The molecule has 0 rings (SSSR count). The summed E-state index contributed by atoms with van der Waals surface area (Å²) in [5, 5.41) is 0. The molecule has 0 aliphatic rings. The van der Waals surface area contributed by atoms with Crippen LogP contribution in [0.5, 0.6) is 0 Å². The lowest BCUT2D eigenvalue weighted by Crippen LogP contribution is -2.17. The summed E-state index contributed by atoms with van der Waals surface area (Å²) in [6.07, 6.45) is 6.25. The zero-order chi connectivity index (χ0) is 11.5. The number of hydrogen-bond donors (Lipinski definition) is 0. The molecule has 0 aliphatic heterocycles. The van der Waals surface area contributed by atoms with Crippen molar-refractivity contribution in [2.24, 2.45) is 0 Å². The summed E-state index contributed by atoms with van der Waals surface area (Å²) in [7, 11) is 0. The van der Waals surface area contributed by atoms with E-state index < -0.39 is 5.97 Å². The summed E-state index contributed by atoms with van der Waals surface area (Å²) in [6.45, 7) is 4.50. The fourth-order valence-corrected chi connectivity index (χ4v) is 1.21. The van der Waals surface area contributed by atoms with Crippen LogP contribution in [0.4, 0.5) is 0 Å². The van der Waals surface area contributed by atoms with Crippen molar-refractivity contribution in [2.45, 2.75) is 58.8 Å². The molecule has 0 aromatic heterocycles. The van der Waals surface area contributed by atoms with Gasteiger partial charge in [-0.25, -0.2) is 4.79 Å². The highest BCUT2D eigenvalue weighted by Gasteiger charge is 2.13. The van der Waals surface area contributed by atoms with Crippen LogP contribution < -0.4 is 0 Å². The van der Waals surface area contributed by atoms with Crippen molar-refractivity contribution in [3.05, 3.63) is 0 Å². The third-order valence-corrected chi connectivity index (χ3v) is 2.22. The number of carbonyl (C=O) groups excluding carboxylic acids is 2. The maximum absolute atomic E-state index is 11.1. The van der Waals surface area contributed by atoms with Gasteiger partial charge in [-0.05, 0) is 12.8 Å². The van der Waals surface area contributed by atoms with Gasteiger partial charge in [0.05, 0.1) is 6.61 Å². The second-order valence-electron chi connectivity index (χ2n) is 3.72. The number of rotatable bonds is 9. The summed E-state index contributed by atoms with van der Waals surface area (Å²) in [6, 6.07) is 0. The van der Waals surface area contributed by atoms with Crippen LogP contribution in [0.25, 0.3) is 0 Å². The Morgan fingerprint density at radius 3 is 2.20 bits per heavy atom. The molecule has 0 fully saturated rings. The number of Topliss-reactive ketones (excluding diaryl/α,β-unsaturated/α-hetero) is 1. The van der Waals surface area contributed by atoms with Crippen LogP contribution in [0.15, 0.2) is 0 Å². The van der Waals surface area contributed by atoms with Gasteiger partial charge in [0, 0.05) is 6.42 Å². The van der Waals surface area contributed by atoms with E-state index in [2.05, 4.69) is 6.92 Å². The van der Waals surface area contributed by atoms with Gasteiger partial charge in [0.15, 0.2) is 0 Å². The summed E-state index contributed by atoms with van der Waals surface area (Å²) >= 11 is 0. The average molecular weight is 214 g/mol. The van der Waals surface area contributed by atoms with E-state index in [1.54, 1.807) is 0 Å². The Morgan fingerprint density at radius 1 is 0.933 bits per heavy atom. The minimum atomic E-state index is -0.653. The van der Waals surface area contributed by atoms with Crippen molar-refractivity contribution in [1.82, 2.24) is 0 Å². The zero-order valence-electron chi connectivity index (χ0n) is 9.88. The number of ketones is 1. The van der Waals surface area contributed by atoms with E-state index in [-0.39, 0.29) is 5.78 Å². The van der Waals surface area contributed by atoms with E-state index >= 15 is 0 Å².